The molecule has 4 heteroatoms. The third kappa shape index (κ3) is 3.15. The SMILES string of the molecule is CN(CCN)Cc1ccn(-c2ccccc2)n1. The number of hydrogen-bond donors (Lipinski definition) is 1. The third-order valence-electron chi connectivity index (χ3n) is 2.61. The predicted octanol–water partition coefficient (Wildman–Crippen LogP) is 1.26. The van der Waals surface area contributed by atoms with Crippen LogP contribution in [-0.2, 0) is 6.54 Å². The van der Waals surface area contributed by atoms with E-state index in [4.69, 9.17) is 5.73 Å². The minimum atomic E-state index is 0.676. The summed E-state index contributed by atoms with van der Waals surface area (Å²) in [6.07, 6.45) is 1.99. The molecule has 0 aliphatic heterocycles. The molecule has 0 atom stereocenters. The van der Waals surface area contributed by atoms with Gasteiger partial charge in [0, 0.05) is 25.8 Å². The van der Waals surface area contributed by atoms with Gasteiger partial charge in [-0.25, -0.2) is 4.68 Å². The fourth-order valence-electron chi connectivity index (χ4n) is 1.75. The second-order valence-electron chi connectivity index (χ2n) is 4.11. The predicted molar refractivity (Wildman–Crippen MR) is 69.0 cm³/mol. The summed E-state index contributed by atoms with van der Waals surface area (Å²) in [6, 6.07) is 12.2. The third-order valence-corrected chi connectivity index (χ3v) is 2.61. The minimum Gasteiger partial charge on any atom is -0.329 e. The van der Waals surface area contributed by atoms with Crippen LogP contribution in [0.1, 0.15) is 5.69 Å². The lowest BCUT2D eigenvalue weighted by molar-refractivity contribution is 0.331. The van der Waals surface area contributed by atoms with Gasteiger partial charge in [0.25, 0.3) is 0 Å². The van der Waals surface area contributed by atoms with Crippen LogP contribution in [0.3, 0.4) is 0 Å². The van der Waals surface area contributed by atoms with E-state index in [1.165, 1.54) is 0 Å². The van der Waals surface area contributed by atoms with Gasteiger partial charge in [0.2, 0.25) is 0 Å². The number of nitrogens with zero attached hydrogens (tertiary/aromatic N) is 3. The first-order valence-corrected chi connectivity index (χ1v) is 5.78. The highest BCUT2D eigenvalue weighted by Crippen LogP contribution is 2.07. The van der Waals surface area contributed by atoms with Crippen LogP contribution >= 0.6 is 0 Å². The lowest BCUT2D eigenvalue weighted by Crippen LogP contribution is -2.25. The van der Waals surface area contributed by atoms with Crippen LogP contribution in [0.5, 0.6) is 0 Å². The van der Waals surface area contributed by atoms with Gasteiger partial charge in [0.05, 0.1) is 11.4 Å². The first kappa shape index (κ1) is 11.8. The van der Waals surface area contributed by atoms with Crippen LogP contribution in [0, 0.1) is 0 Å². The van der Waals surface area contributed by atoms with E-state index in [0.29, 0.717) is 6.54 Å². The summed E-state index contributed by atoms with van der Waals surface area (Å²) in [5.41, 5.74) is 7.66. The quantitative estimate of drug-likeness (QED) is 0.841. The molecule has 2 rings (SSSR count). The molecule has 0 amide bonds. The highest BCUT2D eigenvalue weighted by molar-refractivity contribution is 5.30. The van der Waals surface area contributed by atoms with E-state index >= 15 is 0 Å². The van der Waals surface area contributed by atoms with Crippen molar-refractivity contribution in [3.05, 3.63) is 48.3 Å². The van der Waals surface area contributed by atoms with E-state index in [2.05, 4.69) is 10.00 Å². The second-order valence-corrected chi connectivity index (χ2v) is 4.11. The van der Waals surface area contributed by atoms with Gasteiger partial charge in [-0.15, -0.1) is 0 Å². The molecular formula is C13H18N4. The Morgan fingerprint density at radius 2 is 2.00 bits per heavy atom. The molecule has 0 bridgehead atoms. The van der Waals surface area contributed by atoms with Crippen molar-refractivity contribution < 1.29 is 0 Å². The van der Waals surface area contributed by atoms with E-state index in [1.54, 1.807) is 0 Å². The Balaban J connectivity index is 2.06. The Labute approximate surface area is 102 Å². The maximum atomic E-state index is 5.51. The molecule has 4 nitrogen and oxygen atoms in total. The van der Waals surface area contributed by atoms with E-state index in [9.17, 15) is 0 Å². The molecule has 0 spiro atoms. The van der Waals surface area contributed by atoms with Crippen LogP contribution in [0.4, 0.5) is 0 Å². The lowest BCUT2D eigenvalue weighted by atomic mass is 10.3. The largest absolute Gasteiger partial charge is 0.329 e. The van der Waals surface area contributed by atoms with Gasteiger partial charge in [-0.05, 0) is 25.2 Å². The Morgan fingerprint density at radius 3 is 2.71 bits per heavy atom. The highest BCUT2D eigenvalue weighted by atomic mass is 15.3. The van der Waals surface area contributed by atoms with Gasteiger partial charge in [0.15, 0.2) is 0 Å². The molecule has 1 heterocycles. The zero-order chi connectivity index (χ0) is 12.1. The fraction of sp³-hybridized carbons (Fsp3) is 0.308. The molecule has 0 fully saturated rings. The summed E-state index contributed by atoms with van der Waals surface area (Å²) in [6.45, 7) is 2.39. The number of para-hydroxylation sites is 1. The monoisotopic (exact) mass is 230 g/mol. The Hall–Kier alpha value is -1.65. The minimum absolute atomic E-state index is 0.676. The Bertz CT molecular complexity index is 449. The summed E-state index contributed by atoms with van der Waals surface area (Å²) in [7, 11) is 2.05. The van der Waals surface area contributed by atoms with Gasteiger partial charge in [0.1, 0.15) is 0 Å². The van der Waals surface area contributed by atoms with Crippen molar-refractivity contribution in [3.8, 4) is 5.69 Å². The molecule has 0 aliphatic rings. The number of rotatable bonds is 5. The summed E-state index contributed by atoms with van der Waals surface area (Å²) in [5, 5.41) is 4.54. The number of aromatic nitrogens is 2. The van der Waals surface area contributed by atoms with Gasteiger partial charge >= 0.3 is 0 Å². The molecular weight excluding hydrogens is 212 g/mol. The van der Waals surface area contributed by atoms with E-state index in [1.807, 2.05) is 54.3 Å². The number of likely N-dealkylation sites (N-methyl/N-ethyl adjacent to an activating group) is 1. The van der Waals surface area contributed by atoms with Crippen LogP contribution in [0.15, 0.2) is 42.6 Å². The number of hydrogen-bond acceptors (Lipinski definition) is 3. The van der Waals surface area contributed by atoms with Gasteiger partial charge < -0.3 is 5.73 Å². The van der Waals surface area contributed by atoms with Crippen LogP contribution in [0.25, 0.3) is 5.69 Å². The maximum absolute atomic E-state index is 5.51. The van der Waals surface area contributed by atoms with Crippen molar-refractivity contribution in [2.45, 2.75) is 6.54 Å². The van der Waals surface area contributed by atoms with Crippen molar-refractivity contribution >= 4 is 0 Å². The van der Waals surface area contributed by atoms with Crippen molar-refractivity contribution in [1.29, 1.82) is 0 Å². The van der Waals surface area contributed by atoms with Crippen molar-refractivity contribution in [2.24, 2.45) is 5.73 Å². The lowest BCUT2D eigenvalue weighted by Gasteiger charge is -2.12. The Morgan fingerprint density at radius 1 is 1.24 bits per heavy atom. The van der Waals surface area contributed by atoms with E-state index in [0.717, 1.165) is 24.5 Å². The molecule has 0 aliphatic carbocycles. The molecule has 90 valence electrons. The van der Waals surface area contributed by atoms with Gasteiger partial charge in [-0.1, -0.05) is 18.2 Å². The first-order chi connectivity index (χ1) is 8.29. The average molecular weight is 230 g/mol. The van der Waals surface area contributed by atoms with Crippen molar-refractivity contribution in [1.82, 2.24) is 14.7 Å². The van der Waals surface area contributed by atoms with E-state index in [-0.39, 0.29) is 0 Å². The van der Waals surface area contributed by atoms with Crippen LogP contribution in [0.2, 0.25) is 0 Å². The molecule has 2 aromatic rings. The van der Waals surface area contributed by atoms with E-state index < -0.39 is 0 Å². The molecule has 0 saturated heterocycles. The first-order valence-electron chi connectivity index (χ1n) is 5.78. The number of nitrogens with two attached hydrogens (primary N) is 1. The number of benzene rings is 1. The van der Waals surface area contributed by atoms with Crippen molar-refractivity contribution in [3.63, 3.8) is 0 Å². The zero-order valence-electron chi connectivity index (χ0n) is 10.1. The molecule has 1 aromatic heterocycles. The second kappa shape index (κ2) is 5.61. The summed E-state index contributed by atoms with van der Waals surface area (Å²) < 4.78 is 1.89. The molecule has 17 heavy (non-hydrogen) atoms. The normalized spacial score (nSPS) is 11.0. The summed E-state index contributed by atoms with van der Waals surface area (Å²) in [4.78, 5) is 2.16. The smallest absolute Gasteiger partial charge is 0.0769 e. The van der Waals surface area contributed by atoms with Gasteiger partial charge in [-0.2, -0.15) is 5.10 Å². The van der Waals surface area contributed by atoms with Crippen molar-refractivity contribution in [2.75, 3.05) is 20.1 Å². The van der Waals surface area contributed by atoms with Crippen LogP contribution < -0.4 is 5.73 Å². The Kier molecular flexibility index (Phi) is 3.90. The fourth-order valence-corrected chi connectivity index (χ4v) is 1.75. The average Bonchev–Trinajstić information content (AvgIpc) is 2.79. The summed E-state index contributed by atoms with van der Waals surface area (Å²) in [5.74, 6) is 0. The maximum Gasteiger partial charge on any atom is 0.0769 e. The molecule has 1 aromatic carbocycles. The molecule has 0 radical (unpaired) electrons. The molecule has 0 unspecified atom stereocenters. The molecule has 0 saturated carbocycles. The summed E-state index contributed by atoms with van der Waals surface area (Å²) >= 11 is 0. The van der Waals surface area contributed by atoms with Crippen LogP contribution in [-0.4, -0.2) is 34.8 Å². The topological polar surface area (TPSA) is 47.1 Å². The molecule has 2 N–H and O–H groups in total. The highest BCUT2D eigenvalue weighted by Gasteiger charge is 2.03. The zero-order valence-corrected chi connectivity index (χ0v) is 10.1. The standard InChI is InChI=1S/C13H18N4/c1-16(10-8-14)11-12-7-9-17(15-12)13-5-3-2-4-6-13/h2-7,9H,8,10-11,14H2,1H3. The van der Waals surface area contributed by atoms with Gasteiger partial charge in [-0.3, -0.25) is 4.90 Å².